The zero-order chi connectivity index (χ0) is 25.3. The third-order valence-corrected chi connectivity index (χ3v) is 5.65. The number of esters is 2. The maximum atomic E-state index is 11.8. The predicted octanol–water partition coefficient (Wildman–Crippen LogP) is 5.31. The summed E-state index contributed by atoms with van der Waals surface area (Å²) in [7, 11) is 5.40. The van der Waals surface area contributed by atoms with Crippen LogP contribution >= 0.6 is 0 Å². The van der Waals surface area contributed by atoms with Crippen molar-refractivity contribution >= 4 is 11.9 Å². The molecular weight excluding hydrogens is 434 g/mol. The molecule has 0 saturated carbocycles. The van der Waals surface area contributed by atoms with Gasteiger partial charge >= 0.3 is 11.9 Å². The maximum Gasteiger partial charge on any atom is 0.306 e. The average molecular weight is 486 g/mol. The molecule has 0 aromatic carbocycles. The van der Waals surface area contributed by atoms with Crippen LogP contribution in [0.2, 0.25) is 0 Å². The molecule has 7 heteroatoms. The fourth-order valence-corrected chi connectivity index (χ4v) is 3.30. The summed E-state index contributed by atoms with van der Waals surface area (Å²) in [5, 5.41) is 0. The van der Waals surface area contributed by atoms with Gasteiger partial charge in [0.1, 0.15) is 6.61 Å². The van der Waals surface area contributed by atoms with Crippen molar-refractivity contribution in [3.8, 4) is 0 Å². The van der Waals surface area contributed by atoms with E-state index in [0.29, 0.717) is 52.3 Å². The Morgan fingerprint density at radius 3 is 2.06 bits per heavy atom. The number of unbranched alkanes of at least 4 members (excludes halogenated alkanes) is 8. The summed E-state index contributed by atoms with van der Waals surface area (Å²) < 4.78 is 21.3. The summed E-state index contributed by atoms with van der Waals surface area (Å²) in [6, 6.07) is 0.169. The number of hydrogen-bond acceptors (Lipinski definition) is 7. The van der Waals surface area contributed by atoms with E-state index in [-0.39, 0.29) is 18.0 Å². The van der Waals surface area contributed by atoms with Crippen molar-refractivity contribution in [1.82, 2.24) is 4.90 Å². The summed E-state index contributed by atoms with van der Waals surface area (Å²) in [5.74, 6) is -0.331. The third-order valence-electron chi connectivity index (χ3n) is 5.65. The van der Waals surface area contributed by atoms with Crippen molar-refractivity contribution in [3.05, 3.63) is 12.2 Å². The first-order chi connectivity index (χ1) is 16.5. The van der Waals surface area contributed by atoms with Crippen LogP contribution in [0.4, 0.5) is 0 Å². The lowest BCUT2D eigenvalue weighted by Gasteiger charge is -2.24. The van der Waals surface area contributed by atoms with Crippen LogP contribution in [0.15, 0.2) is 12.2 Å². The summed E-state index contributed by atoms with van der Waals surface area (Å²) in [6.45, 7) is 4.98. The lowest BCUT2D eigenvalue weighted by Crippen LogP contribution is -2.37. The lowest BCUT2D eigenvalue weighted by atomic mass is 10.1. The van der Waals surface area contributed by atoms with Gasteiger partial charge in [-0.3, -0.25) is 9.59 Å². The van der Waals surface area contributed by atoms with Crippen LogP contribution in [0, 0.1) is 0 Å². The second kappa shape index (κ2) is 24.7. The molecule has 0 N–H and O–H groups in total. The van der Waals surface area contributed by atoms with Gasteiger partial charge in [-0.25, -0.2) is 0 Å². The number of nitrogens with zero attached hydrogens (tertiary/aromatic N) is 1. The van der Waals surface area contributed by atoms with Gasteiger partial charge < -0.3 is 23.8 Å². The molecule has 0 amide bonds. The fourth-order valence-electron chi connectivity index (χ4n) is 3.30. The Bertz CT molecular complexity index is 509. The average Bonchev–Trinajstić information content (AvgIpc) is 2.82. The molecule has 1 atom stereocenters. The van der Waals surface area contributed by atoms with Gasteiger partial charge in [0.25, 0.3) is 0 Å². The molecule has 34 heavy (non-hydrogen) atoms. The largest absolute Gasteiger partial charge is 0.469 e. The summed E-state index contributed by atoms with van der Waals surface area (Å²) >= 11 is 0. The van der Waals surface area contributed by atoms with Crippen LogP contribution < -0.4 is 0 Å². The quantitative estimate of drug-likeness (QED) is 0.104. The fraction of sp³-hybridized carbons (Fsp3) is 0.852. The van der Waals surface area contributed by atoms with Gasteiger partial charge in [0.2, 0.25) is 0 Å². The molecule has 0 aliphatic carbocycles. The topological polar surface area (TPSA) is 74.3 Å². The number of carbonyl (C=O) groups excluding carboxylic acids is 2. The second-order valence-electron chi connectivity index (χ2n) is 8.97. The van der Waals surface area contributed by atoms with Gasteiger partial charge in [-0.15, -0.1) is 0 Å². The van der Waals surface area contributed by atoms with Gasteiger partial charge in [-0.1, -0.05) is 57.6 Å². The van der Waals surface area contributed by atoms with E-state index in [2.05, 4.69) is 22.6 Å². The molecule has 0 aliphatic rings. The Kier molecular flexibility index (Phi) is 23.6. The lowest BCUT2D eigenvalue weighted by molar-refractivity contribution is -0.142. The first-order valence-corrected chi connectivity index (χ1v) is 13.2. The van der Waals surface area contributed by atoms with Crippen LogP contribution in [0.3, 0.4) is 0 Å². The van der Waals surface area contributed by atoms with Crippen molar-refractivity contribution in [3.63, 3.8) is 0 Å². The Balaban J connectivity index is 3.58. The molecule has 7 nitrogen and oxygen atoms in total. The minimum atomic E-state index is -0.208. The van der Waals surface area contributed by atoms with Crippen LogP contribution in [0.1, 0.15) is 90.4 Å². The molecule has 0 heterocycles. The van der Waals surface area contributed by atoms with Gasteiger partial charge in [-0.05, 0) is 46.2 Å². The SMILES string of the molecule is CCCCCCCCC=CCOC(=O)CCCCCOCC(COCCCC(=O)OC)N(C)C. The number of carbonyl (C=O) groups is 2. The van der Waals surface area contributed by atoms with E-state index in [0.717, 1.165) is 25.7 Å². The van der Waals surface area contributed by atoms with Crippen LogP contribution in [-0.2, 0) is 28.5 Å². The Labute approximate surface area is 208 Å². The van der Waals surface area contributed by atoms with E-state index in [9.17, 15) is 9.59 Å². The Morgan fingerprint density at radius 1 is 0.765 bits per heavy atom. The zero-order valence-electron chi connectivity index (χ0n) is 22.4. The molecule has 0 aromatic heterocycles. The monoisotopic (exact) mass is 485 g/mol. The van der Waals surface area contributed by atoms with E-state index >= 15 is 0 Å². The normalized spacial score (nSPS) is 12.4. The van der Waals surface area contributed by atoms with E-state index in [1.54, 1.807) is 0 Å². The van der Waals surface area contributed by atoms with Crippen LogP contribution in [-0.4, -0.2) is 77.1 Å². The van der Waals surface area contributed by atoms with Crippen molar-refractivity contribution in [2.24, 2.45) is 0 Å². The maximum absolute atomic E-state index is 11.8. The molecule has 0 aliphatic heterocycles. The van der Waals surface area contributed by atoms with Crippen molar-refractivity contribution < 1.29 is 28.5 Å². The van der Waals surface area contributed by atoms with Crippen molar-refractivity contribution in [2.75, 3.05) is 54.2 Å². The minimum Gasteiger partial charge on any atom is -0.469 e. The molecule has 0 aromatic rings. The highest BCUT2D eigenvalue weighted by molar-refractivity contribution is 5.69. The number of methoxy groups -OCH3 is 1. The van der Waals surface area contributed by atoms with Crippen LogP contribution in [0.25, 0.3) is 0 Å². The van der Waals surface area contributed by atoms with E-state index in [1.165, 1.54) is 45.6 Å². The third kappa shape index (κ3) is 22.4. The molecule has 200 valence electrons. The van der Waals surface area contributed by atoms with Crippen LogP contribution in [0.5, 0.6) is 0 Å². The highest BCUT2D eigenvalue weighted by Gasteiger charge is 2.12. The number of allylic oxidation sites excluding steroid dienone is 1. The highest BCUT2D eigenvalue weighted by atomic mass is 16.5. The summed E-state index contributed by atoms with van der Waals surface area (Å²) in [6.07, 6.45) is 17.1. The smallest absolute Gasteiger partial charge is 0.306 e. The highest BCUT2D eigenvalue weighted by Crippen LogP contribution is 2.07. The van der Waals surface area contributed by atoms with Gasteiger partial charge in [0.05, 0.1) is 26.4 Å². The Hall–Kier alpha value is -1.44. The first kappa shape index (κ1) is 32.6. The van der Waals surface area contributed by atoms with E-state index in [4.69, 9.17) is 14.2 Å². The first-order valence-electron chi connectivity index (χ1n) is 13.2. The van der Waals surface area contributed by atoms with Crippen molar-refractivity contribution in [2.45, 2.75) is 96.4 Å². The standard InChI is InChI=1S/C27H51NO6/c1-5-6-7-8-9-10-11-12-16-22-34-27(30)18-14-13-15-20-32-23-25(28(2)3)24-33-21-17-19-26(29)31-4/h12,16,25H,5-11,13-15,17-24H2,1-4H3. The molecular formula is C27H51NO6. The number of hydrogen-bond donors (Lipinski definition) is 0. The number of likely N-dealkylation sites (N-methyl/N-ethyl adjacent to an activating group) is 1. The number of rotatable bonds is 24. The van der Waals surface area contributed by atoms with Gasteiger partial charge in [0, 0.05) is 26.1 Å². The Morgan fingerprint density at radius 2 is 1.38 bits per heavy atom. The van der Waals surface area contributed by atoms with Crippen molar-refractivity contribution in [1.29, 1.82) is 0 Å². The molecule has 0 radical (unpaired) electrons. The molecule has 0 fully saturated rings. The molecule has 1 unspecified atom stereocenters. The predicted molar refractivity (Wildman–Crippen MR) is 137 cm³/mol. The summed E-state index contributed by atoms with van der Waals surface area (Å²) in [4.78, 5) is 25.0. The van der Waals surface area contributed by atoms with E-state index in [1.807, 2.05) is 20.2 Å². The second-order valence-corrected chi connectivity index (χ2v) is 8.97. The molecule has 0 saturated heterocycles. The van der Waals surface area contributed by atoms with E-state index < -0.39 is 0 Å². The molecule has 0 rings (SSSR count). The molecule has 0 bridgehead atoms. The van der Waals surface area contributed by atoms with Gasteiger partial charge in [-0.2, -0.15) is 0 Å². The van der Waals surface area contributed by atoms with Gasteiger partial charge in [0.15, 0.2) is 0 Å². The molecule has 0 spiro atoms. The number of ether oxygens (including phenoxy) is 4. The minimum absolute atomic E-state index is 0.123. The zero-order valence-corrected chi connectivity index (χ0v) is 22.4. The summed E-state index contributed by atoms with van der Waals surface area (Å²) in [5.41, 5.74) is 0.